The molecule has 1 amide bonds. The summed E-state index contributed by atoms with van der Waals surface area (Å²) in [7, 11) is 0. The van der Waals surface area contributed by atoms with Crippen LogP contribution in [0, 0.1) is 17.8 Å². The van der Waals surface area contributed by atoms with Gasteiger partial charge in [0.15, 0.2) is 0 Å². The number of furan rings is 1. The Labute approximate surface area is 127 Å². The SMILES string of the molecule is Cc1oc2nc[nH]c(=O)c2c1C(=O)N1CC2(C1)CC(C)(C)C2. The van der Waals surface area contributed by atoms with Crippen LogP contribution in [-0.2, 0) is 0 Å². The number of amides is 1. The van der Waals surface area contributed by atoms with E-state index < -0.39 is 0 Å². The summed E-state index contributed by atoms with van der Waals surface area (Å²) in [5.74, 6) is 0.337. The molecule has 0 bridgehead atoms. The Hall–Kier alpha value is -2.11. The lowest BCUT2D eigenvalue weighted by Gasteiger charge is -2.62. The van der Waals surface area contributed by atoms with Crippen LogP contribution in [-0.4, -0.2) is 33.9 Å². The second-order valence-electron chi connectivity index (χ2n) is 7.62. The number of nitrogens with zero attached hydrogens (tertiary/aromatic N) is 2. The van der Waals surface area contributed by atoms with Crippen LogP contribution in [0.15, 0.2) is 15.5 Å². The predicted molar refractivity (Wildman–Crippen MR) is 80.7 cm³/mol. The zero-order valence-corrected chi connectivity index (χ0v) is 13.0. The number of carbonyl (C=O) groups is 1. The largest absolute Gasteiger partial charge is 0.442 e. The summed E-state index contributed by atoms with van der Waals surface area (Å²) >= 11 is 0. The molecule has 1 spiro atoms. The molecule has 1 aliphatic heterocycles. The second-order valence-corrected chi connectivity index (χ2v) is 7.62. The molecule has 3 heterocycles. The lowest BCUT2D eigenvalue weighted by molar-refractivity contribution is -0.112. The highest BCUT2D eigenvalue weighted by molar-refractivity contribution is 6.06. The summed E-state index contributed by atoms with van der Waals surface area (Å²) in [4.78, 5) is 33.1. The molecule has 1 N–H and O–H groups in total. The number of likely N-dealkylation sites (tertiary alicyclic amines) is 1. The van der Waals surface area contributed by atoms with Gasteiger partial charge in [0.2, 0.25) is 5.71 Å². The molecule has 4 rings (SSSR count). The summed E-state index contributed by atoms with van der Waals surface area (Å²) in [5.41, 5.74) is 0.957. The van der Waals surface area contributed by atoms with Crippen molar-refractivity contribution >= 4 is 17.0 Å². The monoisotopic (exact) mass is 301 g/mol. The average molecular weight is 301 g/mol. The fourth-order valence-corrected chi connectivity index (χ4v) is 4.58. The van der Waals surface area contributed by atoms with E-state index >= 15 is 0 Å². The Kier molecular flexibility index (Phi) is 2.46. The van der Waals surface area contributed by atoms with Crippen LogP contribution in [0.3, 0.4) is 0 Å². The van der Waals surface area contributed by atoms with Gasteiger partial charge in [-0.3, -0.25) is 9.59 Å². The van der Waals surface area contributed by atoms with Gasteiger partial charge in [0.25, 0.3) is 11.5 Å². The fraction of sp³-hybridized carbons (Fsp3) is 0.562. The fourth-order valence-electron chi connectivity index (χ4n) is 4.58. The number of carbonyl (C=O) groups excluding carboxylic acids is 1. The summed E-state index contributed by atoms with van der Waals surface area (Å²) in [6.07, 6.45) is 3.62. The van der Waals surface area contributed by atoms with Gasteiger partial charge in [0.05, 0.1) is 11.9 Å². The number of aryl methyl sites for hydroxylation is 1. The van der Waals surface area contributed by atoms with Gasteiger partial charge in [0.1, 0.15) is 11.1 Å². The third kappa shape index (κ3) is 1.76. The van der Waals surface area contributed by atoms with E-state index in [0.29, 0.717) is 22.2 Å². The van der Waals surface area contributed by atoms with E-state index in [9.17, 15) is 9.59 Å². The van der Waals surface area contributed by atoms with Crippen molar-refractivity contribution in [2.24, 2.45) is 10.8 Å². The Morgan fingerprint density at radius 3 is 2.68 bits per heavy atom. The summed E-state index contributed by atoms with van der Waals surface area (Å²) in [6.45, 7) is 7.79. The molecular weight excluding hydrogens is 282 g/mol. The van der Waals surface area contributed by atoms with E-state index in [2.05, 4.69) is 23.8 Å². The third-order valence-electron chi connectivity index (χ3n) is 4.93. The number of rotatable bonds is 1. The summed E-state index contributed by atoms with van der Waals surface area (Å²) < 4.78 is 5.47. The zero-order valence-electron chi connectivity index (χ0n) is 13.0. The molecule has 2 aliphatic rings. The molecule has 1 aliphatic carbocycles. The van der Waals surface area contributed by atoms with Gasteiger partial charge in [-0.1, -0.05) is 13.8 Å². The van der Waals surface area contributed by atoms with Crippen LogP contribution in [0.25, 0.3) is 11.1 Å². The first-order valence-corrected chi connectivity index (χ1v) is 7.56. The number of fused-ring (bicyclic) bond motifs is 1. The molecule has 2 fully saturated rings. The molecule has 0 atom stereocenters. The maximum Gasteiger partial charge on any atom is 0.262 e. The quantitative estimate of drug-likeness (QED) is 0.874. The number of aromatic amines is 1. The number of nitrogens with one attached hydrogen (secondary N) is 1. The molecule has 2 aromatic rings. The van der Waals surface area contributed by atoms with Crippen molar-refractivity contribution in [1.82, 2.24) is 14.9 Å². The van der Waals surface area contributed by atoms with Gasteiger partial charge in [0, 0.05) is 18.5 Å². The van der Waals surface area contributed by atoms with E-state index in [0.717, 1.165) is 25.9 Å². The van der Waals surface area contributed by atoms with Gasteiger partial charge in [-0.05, 0) is 25.2 Å². The van der Waals surface area contributed by atoms with Crippen LogP contribution in [0.2, 0.25) is 0 Å². The Morgan fingerprint density at radius 2 is 2.05 bits per heavy atom. The van der Waals surface area contributed by atoms with Crippen molar-refractivity contribution in [2.75, 3.05) is 13.1 Å². The highest BCUT2D eigenvalue weighted by Crippen LogP contribution is 2.58. The smallest absolute Gasteiger partial charge is 0.262 e. The number of aromatic nitrogens is 2. The molecule has 0 radical (unpaired) electrons. The highest BCUT2D eigenvalue weighted by atomic mass is 16.3. The van der Waals surface area contributed by atoms with Gasteiger partial charge in [-0.15, -0.1) is 0 Å². The van der Waals surface area contributed by atoms with E-state index in [1.165, 1.54) is 6.33 Å². The van der Waals surface area contributed by atoms with Crippen LogP contribution in [0.5, 0.6) is 0 Å². The lowest BCUT2D eigenvalue weighted by Crippen LogP contribution is -2.65. The van der Waals surface area contributed by atoms with Gasteiger partial charge in [-0.2, -0.15) is 0 Å². The minimum absolute atomic E-state index is 0.120. The van der Waals surface area contributed by atoms with Crippen LogP contribution < -0.4 is 5.56 Å². The van der Waals surface area contributed by atoms with Gasteiger partial charge >= 0.3 is 0 Å². The Morgan fingerprint density at radius 1 is 1.36 bits per heavy atom. The number of hydrogen-bond donors (Lipinski definition) is 1. The second kappa shape index (κ2) is 4.00. The predicted octanol–water partition coefficient (Wildman–Crippen LogP) is 2.09. The summed E-state index contributed by atoms with van der Waals surface area (Å²) in [6, 6.07) is 0. The molecule has 6 heteroatoms. The maximum atomic E-state index is 12.7. The van der Waals surface area contributed by atoms with Crippen LogP contribution >= 0.6 is 0 Å². The van der Waals surface area contributed by atoms with Crippen molar-refractivity contribution in [1.29, 1.82) is 0 Å². The molecule has 0 unspecified atom stereocenters. The first kappa shape index (κ1) is 13.5. The van der Waals surface area contributed by atoms with Crippen molar-refractivity contribution in [3.8, 4) is 0 Å². The van der Waals surface area contributed by atoms with Crippen LogP contribution in [0.1, 0.15) is 42.8 Å². The van der Waals surface area contributed by atoms with E-state index in [1.54, 1.807) is 6.92 Å². The average Bonchev–Trinajstić information content (AvgIpc) is 2.69. The minimum atomic E-state index is -0.329. The molecule has 1 saturated heterocycles. The topological polar surface area (TPSA) is 79.2 Å². The molecule has 0 aromatic carbocycles. The van der Waals surface area contributed by atoms with Crippen molar-refractivity contribution in [3.63, 3.8) is 0 Å². The van der Waals surface area contributed by atoms with E-state index in [-0.39, 0.29) is 22.6 Å². The van der Waals surface area contributed by atoms with E-state index in [4.69, 9.17) is 4.42 Å². The van der Waals surface area contributed by atoms with Crippen molar-refractivity contribution in [3.05, 3.63) is 28.0 Å². The molecule has 2 aromatic heterocycles. The molecule has 6 nitrogen and oxygen atoms in total. The molecule has 22 heavy (non-hydrogen) atoms. The zero-order chi connectivity index (χ0) is 15.7. The summed E-state index contributed by atoms with van der Waals surface area (Å²) in [5, 5.41) is 0.264. The lowest BCUT2D eigenvalue weighted by atomic mass is 9.51. The normalized spacial score (nSPS) is 21.7. The minimum Gasteiger partial charge on any atom is -0.442 e. The molecular formula is C16H19N3O3. The van der Waals surface area contributed by atoms with Crippen molar-refractivity contribution < 1.29 is 9.21 Å². The molecule has 1 saturated carbocycles. The highest BCUT2D eigenvalue weighted by Gasteiger charge is 2.57. The van der Waals surface area contributed by atoms with Gasteiger partial charge < -0.3 is 14.3 Å². The third-order valence-corrected chi connectivity index (χ3v) is 4.93. The van der Waals surface area contributed by atoms with Crippen LogP contribution in [0.4, 0.5) is 0 Å². The van der Waals surface area contributed by atoms with Crippen molar-refractivity contribution in [2.45, 2.75) is 33.6 Å². The first-order chi connectivity index (χ1) is 10.3. The number of H-pyrrole nitrogens is 1. The molecule has 116 valence electrons. The Bertz CT molecular complexity index is 830. The first-order valence-electron chi connectivity index (χ1n) is 7.56. The Balaban J connectivity index is 1.63. The number of hydrogen-bond acceptors (Lipinski definition) is 4. The van der Waals surface area contributed by atoms with E-state index in [1.807, 2.05) is 4.90 Å². The standard InChI is InChI=1S/C16H19N3O3/c1-9-10(11-12(20)17-8-18-13(11)22-9)14(21)19-6-16(7-19)4-15(2,3)5-16/h8H,4-7H2,1-3H3,(H,17,18,20). The maximum absolute atomic E-state index is 12.7. The van der Waals surface area contributed by atoms with Gasteiger partial charge in [-0.25, -0.2) is 4.98 Å².